The van der Waals surface area contributed by atoms with E-state index in [4.69, 9.17) is 20.4 Å². The van der Waals surface area contributed by atoms with Crippen LogP contribution in [0.15, 0.2) is 0 Å². The zero-order chi connectivity index (χ0) is 24.5. The highest BCUT2D eigenvalue weighted by atomic mass is 16.4. The van der Waals surface area contributed by atoms with E-state index in [-0.39, 0.29) is 26.1 Å². The molecule has 0 aromatic heterocycles. The minimum Gasteiger partial charge on any atom is -0.481 e. The van der Waals surface area contributed by atoms with Crippen molar-refractivity contribution < 1.29 is 40.2 Å². The summed E-state index contributed by atoms with van der Waals surface area (Å²) in [6, 6.07) is 0. The number of aliphatic hydroxyl groups is 4. The Morgan fingerprint density at radius 2 is 0.719 bits per heavy atom. The normalized spacial score (nSPS) is 12.6. The molecule has 0 aromatic rings. The molecule has 6 N–H and O–H groups in total. The highest BCUT2D eigenvalue weighted by molar-refractivity contribution is 5.67. The molecule has 0 aromatic carbocycles. The van der Waals surface area contributed by atoms with Crippen molar-refractivity contribution in [2.45, 2.75) is 128 Å². The Balaban J connectivity index is 0. The van der Waals surface area contributed by atoms with Gasteiger partial charge in [-0.3, -0.25) is 9.59 Å². The van der Waals surface area contributed by atoms with E-state index >= 15 is 0 Å². The van der Waals surface area contributed by atoms with E-state index in [1.165, 1.54) is 0 Å². The van der Waals surface area contributed by atoms with Crippen molar-refractivity contribution in [3.8, 4) is 0 Å². The number of carboxylic acids is 2. The molecule has 32 heavy (non-hydrogen) atoms. The van der Waals surface area contributed by atoms with Crippen molar-refractivity contribution in [2.24, 2.45) is 0 Å². The number of rotatable bonds is 22. The third kappa shape index (κ3) is 31.0. The highest BCUT2D eigenvalue weighted by Crippen LogP contribution is 2.12. The predicted molar refractivity (Wildman–Crippen MR) is 125 cm³/mol. The summed E-state index contributed by atoms with van der Waals surface area (Å²) in [6.07, 6.45) is 14.2. The Labute approximate surface area is 193 Å². The van der Waals surface area contributed by atoms with Gasteiger partial charge in [0.15, 0.2) is 0 Å². The minimum atomic E-state index is -0.934. The number of hydrogen-bond donors (Lipinski definition) is 6. The van der Waals surface area contributed by atoms with Crippen LogP contribution in [0.5, 0.6) is 0 Å². The molecule has 2 unspecified atom stereocenters. The Kier molecular flexibility index (Phi) is 26.8. The van der Waals surface area contributed by atoms with Gasteiger partial charge in [0.1, 0.15) is 0 Å². The summed E-state index contributed by atoms with van der Waals surface area (Å²) < 4.78 is 0. The van der Waals surface area contributed by atoms with Gasteiger partial charge in [0.05, 0.1) is 25.0 Å². The SMILES string of the molecule is O=C(O)CC(O)CCCCCCCCCO.O=C(O)CC(O)CCCCCCCCCO. The summed E-state index contributed by atoms with van der Waals surface area (Å²) in [5.41, 5.74) is 0. The second-order valence-corrected chi connectivity index (χ2v) is 8.48. The smallest absolute Gasteiger partial charge is 0.305 e. The number of unbranched alkanes of at least 4 members (excludes halogenated alkanes) is 12. The van der Waals surface area contributed by atoms with Crippen LogP contribution in [0.3, 0.4) is 0 Å². The fourth-order valence-electron chi connectivity index (χ4n) is 3.36. The Morgan fingerprint density at radius 3 is 0.969 bits per heavy atom. The maximum absolute atomic E-state index is 10.3. The van der Waals surface area contributed by atoms with Gasteiger partial charge in [-0.25, -0.2) is 0 Å². The molecule has 0 bridgehead atoms. The summed E-state index contributed by atoms with van der Waals surface area (Å²) in [5.74, 6) is -1.87. The minimum absolute atomic E-state index is 0.142. The standard InChI is InChI=1S/2C12H24O4/c2*13-9-7-5-3-1-2-4-6-8-11(14)10-12(15)16/h2*11,13-14H,1-10H2,(H,15,16). The molecule has 8 nitrogen and oxygen atoms in total. The van der Waals surface area contributed by atoms with Crippen LogP contribution >= 0.6 is 0 Å². The van der Waals surface area contributed by atoms with Crippen molar-refractivity contribution >= 4 is 11.9 Å². The van der Waals surface area contributed by atoms with E-state index in [0.29, 0.717) is 12.8 Å². The summed E-state index contributed by atoms with van der Waals surface area (Å²) in [5, 5.41) is 52.5. The van der Waals surface area contributed by atoms with Gasteiger partial charge in [0, 0.05) is 13.2 Å². The monoisotopic (exact) mass is 464 g/mol. The second kappa shape index (κ2) is 26.0. The molecule has 0 heterocycles. The molecule has 0 saturated heterocycles. The third-order valence-electron chi connectivity index (χ3n) is 5.21. The molecule has 0 spiro atoms. The van der Waals surface area contributed by atoms with Crippen LogP contribution in [0, 0.1) is 0 Å². The van der Waals surface area contributed by atoms with E-state index in [1.54, 1.807) is 0 Å². The van der Waals surface area contributed by atoms with Crippen molar-refractivity contribution in [2.75, 3.05) is 13.2 Å². The summed E-state index contributed by atoms with van der Waals surface area (Å²) in [7, 11) is 0. The average molecular weight is 465 g/mol. The molecule has 0 aliphatic carbocycles. The quantitative estimate of drug-likeness (QED) is 0.132. The molecule has 0 fully saturated rings. The lowest BCUT2D eigenvalue weighted by Crippen LogP contribution is -2.12. The van der Waals surface area contributed by atoms with E-state index in [0.717, 1.165) is 89.9 Å². The lowest BCUT2D eigenvalue weighted by molar-refractivity contribution is -0.140. The van der Waals surface area contributed by atoms with Crippen molar-refractivity contribution in [1.29, 1.82) is 0 Å². The van der Waals surface area contributed by atoms with Gasteiger partial charge < -0.3 is 30.6 Å². The Bertz CT molecular complexity index is 379. The van der Waals surface area contributed by atoms with Crippen molar-refractivity contribution in [3.05, 3.63) is 0 Å². The van der Waals surface area contributed by atoms with Crippen LogP contribution in [0.4, 0.5) is 0 Å². The van der Waals surface area contributed by atoms with Gasteiger partial charge in [0.25, 0.3) is 0 Å². The van der Waals surface area contributed by atoms with E-state index < -0.39 is 24.1 Å². The molecule has 0 aliphatic rings. The molecule has 2 atom stereocenters. The number of aliphatic carboxylic acids is 2. The maximum Gasteiger partial charge on any atom is 0.305 e. The fraction of sp³-hybridized carbons (Fsp3) is 0.917. The van der Waals surface area contributed by atoms with Crippen molar-refractivity contribution in [1.82, 2.24) is 0 Å². The lowest BCUT2D eigenvalue weighted by atomic mass is 10.0. The molecule has 0 rings (SSSR count). The molecule has 0 saturated carbocycles. The highest BCUT2D eigenvalue weighted by Gasteiger charge is 2.09. The zero-order valence-electron chi connectivity index (χ0n) is 19.8. The molecule has 0 aliphatic heterocycles. The average Bonchev–Trinajstić information content (AvgIpc) is 2.71. The van der Waals surface area contributed by atoms with Crippen LogP contribution in [0.2, 0.25) is 0 Å². The van der Waals surface area contributed by atoms with Crippen LogP contribution in [-0.2, 0) is 9.59 Å². The van der Waals surface area contributed by atoms with Crippen LogP contribution in [0.25, 0.3) is 0 Å². The van der Waals surface area contributed by atoms with E-state index in [1.807, 2.05) is 0 Å². The van der Waals surface area contributed by atoms with E-state index in [9.17, 15) is 19.8 Å². The lowest BCUT2D eigenvalue weighted by Gasteiger charge is -2.07. The first-order chi connectivity index (χ1) is 15.3. The van der Waals surface area contributed by atoms with Gasteiger partial charge in [-0.15, -0.1) is 0 Å². The Morgan fingerprint density at radius 1 is 0.469 bits per heavy atom. The third-order valence-corrected chi connectivity index (χ3v) is 5.21. The van der Waals surface area contributed by atoms with Crippen LogP contribution in [-0.4, -0.2) is 68.0 Å². The largest absolute Gasteiger partial charge is 0.481 e. The topological polar surface area (TPSA) is 156 Å². The van der Waals surface area contributed by atoms with Gasteiger partial charge in [-0.1, -0.05) is 77.0 Å². The molecular weight excluding hydrogens is 416 g/mol. The number of carboxylic acid groups (broad SMARTS) is 2. The van der Waals surface area contributed by atoms with Gasteiger partial charge in [-0.05, 0) is 25.7 Å². The first kappa shape index (κ1) is 33.0. The molecule has 192 valence electrons. The number of aliphatic hydroxyl groups excluding tert-OH is 4. The first-order valence-corrected chi connectivity index (χ1v) is 12.3. The van der Waals surface area contributed by atoms with Crippen LogP contribution in [0.1, 0.15) is 116 Å². The molecule has 0 radical (unpaired) electrons. The molecular formula is C24H48O8. The fourth-order valence-corrected chi connectivity index (χ4v) is 3.36. The summed E-state index contributed by atoms with van der Waals surface area (Å²) in [6.45, 7) is 0.558. The van der Waals surface area contributed by atoms with Gasteiger partial charge in [-0.2, -0.15) is 0 Å². The van der Waals surface area contributed by atoms with Crippen molar-refractivity contribution in [3.63, 3.8) is 0 Å². The molecule has 0 amide bonds. The van der Waals surface area contributed by atoms with Gasteiger partial charge >= 0.3 is 11.9 Å². The molecule has 8 heteroatoms. The van der Waals surface area contributed by atoms with Gasteiger partial charge in [0.2, 0.25) is 0 Å². The number of hydrogen-bond acceptors (Lipinski definition) is 6. The summed E-state index contributed by atoms with van der Waals surface area (Å²) >= 11 is 0. The summed E-state index contributed by atoms with van der Waals surface area (Å²) in [4.78, 5) is 20.5. The number of carbonyl (C=O) groups is 2. The predicted octanol–water partition coefficient (Wildman–Crippen LogP) is 3.87. The van der Waals surface area contributed by atoms with E-state index in [2.05, 4.69) is 0 Å². The zero-order valence-corrected chi connectivity index (χ0v) is 19.8. The maximum atomic E-state index is 10.3. The first-order valence-electron chi connectivity index (χ1n) is 12.3. The van der Waals surface area contributed by atoms with Crippen LogP contribution < -0.4 is 0 Å². The Hall–Kier alpha value is -1.22. The second-order valence-electron chi connectivity index (χ2n) is 8.48.